The highest BCUT2D eigenvalue weighted by Gasteiger charge is 2.25. The molecule has 0 radical (unpaired) electrons. The average Bonchev–Trinajstić information content (AvgIpc) is 2.62. The van der Waals surface area contributed by atoms with Crippen LogP contribution in [0.4, 0.5) is 15.8 Å². The molecule has 12 heteroatoms. The van der Waals surface area contributed by atoms with Gasteiger partial charge in [-0.1, -0.05) is 16.1 Å². The van der Waals surface area contributed by atoms with E-state index in [1.807, 2.05) is 0 Å². The summed E-state index contributed by atoms with van der Waals surface area (Å²) in [5.74, 6) is -1.83. The molecule has 0 atom stereocenters. The number of nitrogens with zero attached hydrogens (tertiary/aromatic N) is 2. The molecule has 0 spiro atoms. The number of amides is 1. The summed E-state index contributed by atoms with van der Waals surface area (Å²) in [6.45, 7) is 0. The molecule has 0 aliphatic rings. The maximum absolute atomic E-state index is 13.4. The monoisotopic (exact) mass is 417 g/mol. The van der Waals surface area contributed by atoms with Crippen molar-refractivity contribution in [2.75, 3.05) is 19.5 Å². The Morgan fingerprint density at radius 2 is 1.96 bits per heavy atom. The third-order valence-electron chi connectivity index (χ3n) is 3.47. The zero-order valence-electron chi connectivity index (χ0n) is 14.0. The van der Waals surface area contributed by atoms with Crippen molar-refractivity contribution in [2.45, 2.75) is 4.90 Å². The number of carbonyl (C=O) groups is 1. The van der Waals surface area contributed by atoms with Gasteiger partial charge in [-0.05, 0) is 30.3 Å². The molecular formula is C15H13ClFN3O6S. The van der Waals surface area contributed by atoms with E-state index in [4.69, 9.17) is 11.6 Å². The lowest BCUT2D eigenvalue weighted by Crippen LogP contribution is -2.26. The molecule has 0 aliphatic carbocycles. The summed E-state index contributed by atoms with van der Waals surface area (Å²) < 4.78 is 38.6. The SMILES string of the molecule is CON(C)S(=O)(=O)c1cc(C(=O)Nc2ccc(F)c([N+](=O)[O-])c2)ccc1Cl. The number of hydrogen-bond donors (Lipinski definition) is 1. The van der Waals surface area contributed by atoms with Gasteiger partial charge >= 0.3 is 5.69 Å². The van der Waals surface area contributed by atoms with E-state index < -0.39 is 32.4 Å². The fourth-order valence-electron chi connectivity index (χ4n) is 2.01. The van der Waals surface area contributed by atoms with Gasteiger partial charge in [0.25, 0.3) is 15.9 Å². The predicted octanol–water partition coefficient (Wildman–Crippen LogP) is 2.82. The van der Waals surface area contributed by atoms with Gasteiger partial charge in [-0.3, -0.25) is 19.7 Å². The van der Waals surface area contributed by atoms with Gasteiger partial charge in [-0.2, -0.15) is 4.39 Å². The average molecular weight is 418 g/mol. The van der Waals surface area contributed by atoms with Crippen LogP contribution in [0.15, 0.2) is 41.3 Å². The van der Waals surface area contributed by atoms with Crippen LogP contribution in [0.2, 0.25) is 5.02 Å². The molecule has 0 saturated carbocycles. The Kier molecular flexibility index (Phi) is 6.11. The van der Waals surface area contributed by atoms with Crippen LogP contribution in [0.3, 0.4) is 0 Å². The number of sulfonamides is 1. The van der Waals surface area contributed by atoms with E-state index in [-0.39, 0.29) is 21.2 Å². The van der Waals surface area contributed by atoms with Crippen LogP contribution in [0.25, 0.3) is 0 Å². The van der Waals surface area contributed by atoms with Gasteiger partial charge in [0, 0.05) is 24.4 Å². The van der Waals surface area contributed by atoms with Gasteiger partial charge in [0.1, 0.15) is 4.90 Å². The molecule has 0 bridgehead atoms. The molecule has 1 amide bonds. The molecule has 2 aromatic rings. The first-order valence-electron chi connectivity index (χ1n) is 7.15. The summed E-state index contributed by atoms with van der Waals surface area (Å²) in [6.07, 6.45) is 0. The van der Waals surface area contributed by atoms with Gasteiger partial charge in [-0.15, -0.1) is 0 Å². The molecule has 0 aromatic heterocycles. The normalized spacial score (nSPS) is 11.4. The van der Waals surface area contributed by atoms with Crippen LogP contribution >= 0.6 is 11.6 Å². The highest BCUT2D eigenvalue weighted by atomic mass is 35.5. The summed E-state index contributed by atoms with van der Waals surface area (Å²) in [5.41, 5.74) is -0.940. The fourth-order valence-corrected chi connectivity index (χ4v) is 3.49. The van der Waals surface area contributed by atoms with Crippen LogP contribution in [-0.4, -0.2) is 37.9 Å². The van der Waals surface area contributed by atoms with Crippen molar-refractivity contribution in [1.29, 1.82) is 0 Å². The molecule has 1 N–H and O–H groups in total. The van der Waals surface area contributed by atoms with Gasteiger partial charge in [0.2, 0.25) is 5.82 Å². The van der Waals surface area contributed by atoms with Gasteiger partial charge in [-0.25, -0.2) is 8.42 Å². The Morgan fingerprint density at radius 1 is 1.30 bits per heavy atom. The Morgan fingerprint density at radius 3 is 2.56 bits per heavy atom. The highest BCUT2D eigenvalue weighted by molar-refractivity contribution is 7.89. The van der Waals surface area contributed by atoms with Gasteiger partial charge < -0.3 is 5.32 Å². The van der Waals surface area contributed by atoms with E-state index in [2.05, 4.69) is 10.2 Å². The minimum atomic E-state index is -4.11. The molecule has 0 heterocycles. The first-order chi connectivity index (χ1) is 12.6. The van der Waals surface area contributed by atoms with Crippen LogP contribution in [0.5, 0.6) is 0 Å². The fraction of sp³-hybridized carbons (Fsp3) is 0.133. The lowest BCUT2D eigenvalue weighted by Gasteiger charge is -2.16. The lowest BCUT2D eigenvalue weighted by molar-refractivity contribution is -0.387. The second-order valence-electron chi connectivity index (χ2n) is 5.12. The standard InChI is InChI=1S/C15H13ClFN3O6S/c1-19(26-2)27(24,25)14-7-9(3-5-11(14)16)15(21)18-10-4-6-12(17)13(8-10)20(22)23/h3-8H,1-2H3,(H,18,21). The molecule has 0 aliphatic heterocycles. The van der Waals surface area contributed by atoms with Gasteiger partial charge in [0.15, 0.2) is 0 Å². The number of benzene rings is 2. The van der Waals surface area contributed by atoms with Crippen LogP contribution < -0.4 is 5.32 Å². The Balaban J connectivity index is 2.37. The number of nitro groups is 1. The zero-order chi connectivity index (χ0) is 20.4. The number of hydroxylamine groups is 1. The van der Waals surface area contributed by atoms with E-state index in [1.165, 1.54) is 12.1 Å². The highest BCUT2D eigenvalue weighted by Crippen LogP contribution is 2.26. The van der Waals surface area contributed by atoms with Crippen molar-refractivity contribution in [3.63, 3.8) is 0 Å². The first kappa shape index (κ1) is 20.7. The van der Waals surface area contributed by atoms with E-state index in [9.17, 15) is 27.7 Å². The number of halogens is 2. The molecule has 2 rings (SSSR count). The summed E-state index contributed by atoms with van der Waals surface area (Å²) >= 11 is 5.91. The Bertz CT molecular complexity index is 1010. The lowest BCUT2D eigenvalue weighted by atomic mass is 10.2. The van der Waals surface area contributed by atoms with Crippen molar-refractivity contribution < 1.29 is 27.4 Å². The van der Waals surface area contributed by atoms with Crippen LogP contribution in [0.1, 0.15) is 10.4 Å². The third-order valence-corrected chi connectivity index (χ3v) is 5.63. The van der Waals surface area contributed by atoms with Crippen LogP contribution in [0, 0.1) is 15.9 Å². The third kappa shape index (κ3) is 4.39. The topological polar surface area (TPSA) is 119 Å². The molecular weight excluding hydrogens is 405 g/mol. The van der Waals surface area contributed by atoms with Crippen molar-refractivity contribution in [2.24, 2.45) is 0 Å². The quantitative estimate of drug-likeness (QED) is 0.570. The Labute approximate surface area is 158 Å². The number of anilines is 1. The first-order valence-corrected chi connectivity index (χ1v) is 8.97. The van der Waals surface area contributed by atoms with E-state index in [0.29, 0.717) is 4.47 Å². The number of carbonyl (C=O) groups excluding carboxylic acids is 1. The Hall–Kier alpha value is -2.60. The zero-order valence-corrected chi connectivity index (χ0v) is 15.5. The van der Waals surface area contributed by atoms with E-state index in [1.54, 1.807) is 0 Å². The molecule has 27 heavy (non-hydrogen) atoms. The second kappa shape index (κ2) is 7.96. The van der Waals surface area contributed by atoms with Crippen molar-refractivity contribution >= 4 is 38.9 Å². The number of hydrogen-bond acceptors (Lipinski definition) is 6. The molecule has 9 nitrogen and oxygen atoms in total. The second-order valence-corrected chi connectivity index (χ2v) is 7.43. The molecule has 0 unspecified atom stereocenters. The number of nitro benzene ring substituents is 1. The maximum Gasteiger partial charge on any atom is 0.306 e. The largest absolute Gasteiger partial charge is 0.322 e. The summed E-state index contributed by atoms with van der Waals surface area (Å²) in [4.78, 5) is 26.5. The van der Waals surface area contributed by atoms with Crippen molar-refractivity contribution in [1.82, 2.24) is 4.47 Å². The summed E-state index contributed by atoms with van der Waals surface area (Å²) in [7, 11) is -1.82. The predicted molar refractivity (Wildman–Crippen MR) is 94.4 cm³/mol. The van der Waals surface area contributed by atoms with Crippen LogP contribution in [-0.2, 0) is 14.9 Å². The molecule has 0 fully saturated rings. The van der Waals surface area contributed by atoms with Gasteiger partial charge in [0.05, 0.1) is 17.1 Å². The smallest absolute Gasteiger partial charge is 0.306 e. The summed E-state index contributed by atoms with van der Waals surface area (Å²) in [6, 6.07) is 6.31. The maximum atomic E-state index is 13.4. The van der Waals surface area contributed by atoms with E-state index >= 15 is 0 Å². The minimum Gasteiger partial charge on any atom is -0.322 e. The molecule has 0 saturated heterocycles. The van der Waals surface area contributed by atoms with Crippen molar-refractivity contribution in [3.05, 3.63) is 62.9 Å². The summed E-state index contributed by atoms with van der Waals surface area (Å²) in [5, 5.41) is 13.0. The molecule has 2 aromatic carbocycles. The number of rotatable bonds is 6. The number of nitrogens with one attached hydrogen (secondary N) is 1. The molecule has 144 valence electrons. The minimum absolute atomic E-state index is 0.0403. The van der Waals surface area contributed by atoms with E-state index in [0.717, 1.165) is 38.4 Å². The van der Waals surface area contributed by atoms with Crippen molar-refractivity contribution in [3.8, 4) is 0 Å².